The number of nitrogens with two attached hydrogens (primary N) is 1. The SMILES string of the molecule is CC(C)N[C@@H](C)C1CCC(N)CC1. The van der Waals surface area contributed by atoms with E-state index in [9.17, 15) is 0 Å². The lowest BCUT2D eigenvalue weighted by molar-refractivity contribution is 0.254. The Morgan fingerprint density at radius 2 is 1.62 bits per heavy atom. The second kappa shape index (κ2) is 4.97. The van der Waals surface area contributed by atoms with Crippen LogP contribution in [-0.4, -0.2) is 18.1 Å². The van der Waals surface area contributed by atoms with Crippen molar-refractivity contribution in [1.29, 1.82) is 0 Å². The van der Waals surface area contributed by atoms with Gasteiger partial charge in [0.15, 0.2) is 0 Å². The van der Waals surface area contributed by atoms with Crippen molar-refractivity contribution < 1.29 is 0 Å². The van der Waals surface area contributed by atoms with E-state index in [2.05, 4.69) is 26.1 Å². The molecule has 13 heavy (non-hydrogen) atoms. The van der Waals surface area contributed by atoms with Gasteiger partial charge in [0.2, 0.25) is 0 Å². The third-order valence-corrected chi connectivity index (χ3v) is 3.12. The molecule has 0 aromatic rings. The molecule has 0 amide bonds. The van der Waals surface area contributed by atoms with Gasteiger partial charge in [0.1, 0.15) is 0 Å². The first kappa shape index (κ1) is 11.0. The average Bonchev–Trinajstić information content (AvgIpc) is 2.04. The zero-order valence-electron chi connectivity index (χ0n) is 9.22. The van der Waals surface area contributed by atoms with Gasteiger partial charge in [0, 0.05) is 18.1 Å². The molecule has 1 aliphatic carbocycles. The highest BCUT2D eigenvalue weighted by molar-refractivity contribution is 4.81. The maximum atomic E-state index is 5.88. The molecule has 0 radical (unpaired) electrons. The van der Waals surface area contributed by atoms with Gasteiger partial charge in [0.25, 0.3) is 0 Å². The van der Waals surface area contributed by atoms with Crippen molar-refractivity contribution in [3.05, 3.63) is 0 Å². The van der Waals surface area contributed by atoms with Crippen molar-refractivity contribution >= 4 is 0 Å². The van der Waals surface area contributed by atoms with Gasteiger partial charge in [-0.25, -0.2) is 0 Å². The van der Waals surface area contributed by atoms with E-state index in [4.69, 9.17) is 5.73 Å². The normalized spacial score (nSPS) is 32.1. The summed E-state index contributed by atoms with van der Waals surface area (Å²) in [6, 6.07) is 1.74. The summed E-state index contributed by atoms with van der Waals surface area (Å²) in [4.78, 5) is 0. The molecule has 3 N–H and O–H groups in total. The van der Waals surface area contributed by atoms with E-state index < -0.39 is 0 Å². The van der Waals surface area contributed by atoms with Crippen molar-refractivity contribution in [2.75, 3.05) is 0 Å². The molecule has 0 bridgehead atoms. The summed E-state index contributed by atoms with van der Waals surface area (Å²) in [6.45, 7) is 6.73. The Hall–Kier alpha value is -0.0800. The Morgan fingerprint density at radius 3 is 2.08 bits per heavy atom. The smallest absolute Gasteiger partial charge is 0.00693 e. The maximum Gasteiger partial charge on any atom is 0.00693 e. The molecule has 0 aromatic carbocycles. The van der Waals surface area contributed by atoms with Gasteiger partial charge in [-0.2, -0.15) is 0 Å². The minimum Gasteiger partial charge on any atom is -0.328 e. The fraction of sp³-hybridized carbons (Fsp3) is 1.00. The van der Waals surface area contributed by atoms with Gasteiger partial charge in [-0.05, 0) is 38.5 Å². The van der Waals surface area contributed by atoms with Crippen LogP contribution in [0.1, 0.15) is 46.5 Å². The highest BCUT2D eigenvalue weighted by Gasteiger charge is 2.23. The molecule has 78 valence electrons. The molecule has 0 saturated heterocycles. The van der Waals surface area contributed by atoms with Gasteiger partial charge >= 0.3 is 0 Å². The van der Waals surface area contributed by atoms with Crippen LogP contribution in [0, 0.1) is 5.92 Å². The summed E-state index contributed by atoms with van der Waals surface area (Å²) in [6.07, 6.45) is 5.05. The first-order valence-electron chi connectivity index (χ1n) is 5.61. The standard InChI is InChI=1S/C11H24N2/c1-8(2)13-9(3)10-4-6-11(12)7-5-10/h8-11,13H,4-7,12H2,1-3H3/t9-,10?,11?/m0/s1. The average molecular weight is 184 g/mol. The van der Waals surface area contributed by atoms with Crippen molar-refractivity contribution in [1.82, 2.24) is 5.32 Å². The summed E-state index contributed by atoms with van der Waals surface area (Å²) in [7, 11) is 0. The number of nitrogens with one attached hydrogen (secondary N) is 1. The summed E-state index contributed by atoms with van der Waals surface area (Å²) in [5.41, 5.74) is 5.88. The molecule has 1 rings (SSSR count). The lowest BCUT2D eigenvalue weighted by Crippen LogP contribution is -2.41. The van der Waals surface area contributed by atoms with Crippen molar-refractivity contribution in [3.8, 4) is 0 Å². The summed E-state index contributed by atoms with van der Waals surface area (Å²) >= 11 is 0. The molecule has 0 spiro atoms. The molecule has 0 heterocycles. The van der Waals surface area contributed by atoms with Crippen molar-refractivity contribution in [3.63, 3.8) is 0 Å². The van der Waals surface area contributed by atoms with Gasteiger partial charge < -0.3 is 11.1 Å². The lowest BCUT2D eigenvalue weighted by atomic mass is 9.82. The molecule has 1 saturated carbocycles. The number of hydrogen-bond donors (Lipinski definition) is 2. The van der Waals surface area contributed by atoms with Gasteiger partial charge in [-0.1, -0.05) is 13.8 Å². The molecule has 0 aliphatic heterocycles. The maximum absolute atomic E-state index is 5.88. The van der Waals surface area contributed by atoms with E-state index >= 15 is 0 Å². The van der Waals surface area contributed by atoms with Crippen LogP contribution in [0.5, 0.6) is 0 Å². The second-order valence-electron chi connectivity index (χ2n) is 4.78. The predicted molar refractivity (Wildman–Crippen MR) is 57.7 cm³/mol. The van der Waals surface area contributed by atoms with Crippen LogP contribution < -0.4 is 11.1 Å². The quantitative estimate of drug-likeness (QED) is 0.703. The monoisotopic (exact) mass is 184 g/mol. The summed E-state index contributed by atoms with van der Waals surface area (Å²) < 4.78 is 0. The van der Waals surface area contributed by atoms with E-state index in [1.807, 2.05) is 0 Å². The summed E-state index contributed by atoms with van der Waals surface area (Å²) in [5.74, 6) is 0.849. The Balaban J connectivity index is 2.27. The largest absolute Gasteiger partial charge is 0.328 e. The number of hydrogen-bond acceptors (Lipinski definition) is 2. The van der Waals surface area contributed by atoms with Crippen LogP contribution in [0.25, 0.3) is 0 Å². The molecular weight excluding hydrogens is 160 g/mol. The Kier molecular flexibility index (Phi) is 4.20. The molecule has 1 aliphatic rings. The minimum absolute atomic E-state index is 0.475. The predicted octanol–water partition coefficient (Wildman–Crippen LogP) is 1.89. The zero-order valence-corrected chi connectivity index (χ0v) is 9.22. The van der Waals surface area contributed by atoms with Crippen LogP contribution in [-0.2, 0) is 0 Å². The van der Waals surface area contributed by atoms with E-state index in [1.165, 1.54) is 25.7 Å². The molecule has 2 heteroatoms. The Labute approximate surface area is 82.3 Å². The van der Waals surface area contributed by atoms with E-state index in [1.54, 1.807) is 0 Å². The van der Waals surface area contributed by atoms with Crippen molar-refractivity contribution in [2.24, 2.45) is 11.7 Å². The first-order valence-corrected chi connectivity index (χ1v) is 5.61. The third kappa shape index (κ3) is 3.65. The van der Waals surface area contributed by atoms with Crippen LogP contribution in [0.15, 0.2) is 0 Å². The van der Waals surface area contributed by atoms with Crippen LogP contribution in [0.4, 0.5) is 0 Å². The van der Waals surface area contributed by atoms with Crippen LogP contribution in [0.3, 0.4) is 0 Å². The van der Waals surface area contributed by atoms with Gasteiger partial charge in [-0.3, -0.25) is 0 Å². The van der Waals surface area contributed by atoms with E-state index in [-0.39, 0.29) is 0 Å². The zero-order chi connectivity index (χ0) is 9.84. The Bertz CT molecular complexity index is 137. The molecule has 0 unspecified atom stereocenters. The Morgan fingerprint density at radius 1 is 1.08 bits per heavy atom. The molecule has 1 atom stereocenters. The molecule has 1 fully saturated rings. The molecule has 2 nitrogen and oxygen atoms in total. The van der Waals surface area contributed by atoms with Gasteiger partial charge in [-0.15, -0.1) is 0 Å². The second-order valence-corrected chi connectivity index (χ2v) is 4.78. The summed E-state index contributed by atoms with van der Waals surface area (Å²) in [5, 5.41) is 3.59. The fourth-order valence-corrected chi connectivity index (χ4v) is 2.31. The topological polar surface area (TPSA) is 38.0 Å². The third-order valence-electron chi connectivity index (χ3n) is 3.12. The lowest BCUT2D eigenvalue weighted by Gasteiger charge is -2.32. The van der Waals surface area contributed by atoms with E-state index in [0.29, 0.717) is 18.1 Å². The van der Waals surface area contributed by atoms with Crippen LogP contribution in [0.2, 0.25) is 0 Å². The first-order chi connectivity index (χ1) is 6.09. The van der Waals surface area contributed by atoms with E-state index in [0.717, 1.165) is 5.92 Å². The molecule has 0 aromatic heterocycles. The highest BCUT2D eigenvalue weighted by Crippen LogP contribution is 2.25. The number of rotatable bonds is 3. The van der Waals surface area contributed by atoms with Crippen LogP contribution >= 0.6 is 0 Å². The molecular formula is C11H24N2. The fourth-order valence-electron chi connectivity index (χ4n) is 2.31. The minimum atomic E-state index is 0.475. The highest BCUT2D eigenvalue weighted by atomic mass is 14.9. The van der Waals surface area contributed by atoms with Crippen molar-refractivity contribution in [2.45, 2.75) is 64.6 Å². The van der Waals surface area contributed by atoms with Gasteiger partial charge in [0.05, 0.1) is 0 Å².